The van der Waals surface area contributed by atoms with Crippen LogP contribution in [0.4, 0.5) is 4.39 Å². The largest absolute Gasteiger partial charge is 0.379 e. The lowest BCUT2D eigenvalue weighted by molar-refractivity contribution is -0.129. The molecule has 1 aliphatic rings. The van der Waals surface area contributed by atoms with Gasteiger partial charge in [-0.15, -0.1) is 0 Å². The molecule has 132 valence electrons. The highest BCUT2D eigenvalue weighted by Crippen LogP contribution is 2.24. The van der Waals surface area contributed by atoms with Gasteiger partial charge in [0.25, 0.3) is 0 Å². The Morgan fingerprint density at radius 3 is 2.60 bits per heavy atom. The van der Waals surface area contributed by atoms with Crippen molar-refractivity contribution in [1.82, 2.24) is 15.2 Å². The average molecular weight is 343 g/mol. The molecule has 0 radical (unpaired) electrons. The van der Waals surface area contributed by atoms with Crippen LogP contribution in [0.3, 0.4) is 0 Å². The molecule has 2 atom stereocenters. The molecule has 1 saturated heterocycles. The SMILES string of the molecule is C[C@@H](NC(=O)[C@@H](c1cccc(F)c1)N1CCOCC1)c1ccncc1. The highest BCUT2D eigenvalue weighted by Gasteiger charge is 2.30. The van der Waals surface area contributed by atoms with Gasteiger partial charge >= 0.3 is 0 Å². The fourth-order valence-electron chi connectivity index (χ4n) is 3.07. The van der Waals surface area contributed by atoms with Gasteiger partial charge in [0.2, 0.25) is 5.91 Å². The number of pyridine rings is 1. The summed E-state index contributed by atoms with van der Waals surface area (Å²) >= 11 is 0. The summed E-state index contributed by atoms with van der Waals surface area (Å²) in [6, 6.07) is 9.29. The van der Waals surface area contributed by atoms with Crippen molar-refractivity contribution in [3.8, 4) is 0 Å². The van der Waals surface area contributed by atoms with Crippen LogP contribution in [0.2, 0.25) is 0 Å². The second kappa shape index (κ2) is 8.18. The minimum absolute atomic E-state index is 0.142. The highest BCUT2D eigenvalue weighted by atomic mass is 19.1. The first-order valence-corrected chi connectivity index (χ1v) is 8.42. The van der Waals surface area contributed by atoms with E-state index in [1.54, 1.807) is 24.5 Å². The zero-order valence-corrected chi connectivity index (χ0v) is 14.2. The van der Waals surface area contributed by atoms with Crippen molar-refractivity contribution < 1.29 is 13.9 Å². The number of nitrogens with zero attached hydrogens (tertiary/aromatic N) is 2. The summed E-state index contributed by atoms with van der Waals surface area (Å²) in [5, 5.41) is 3.04. The molecule has 0 unspecified atom stereocenters. The van der Waals surface area contributed by atoms with Crippen LogP contribution in [0.5, 0.6) is 0 Å². The molecule has 0 saturated carbocycles. The van der Waals surface area contributed by atoms with Crippen molar-refractivity contribution >= 4 is 5.91 Å². The van der Waals surface area contributed by atoms with Crippen LogP contribution in [0.1, 0.15) is 30.1 Å². The van der Waals surface area contributed by atoms with E-state index in [2.05, 4.69) is 10.3 Å². The number of carbonyl (C=O) groups excluding carboxylic acids is 1. The molecular formula is C19H22FN3O2. The predicted molar refractivity (Wildman–Crippen MR) is 92.3 cm³/mol. The van der Waals surface area contributed by atoms with Crippen molar-refractivity contribution in [3.63, 3.8) is 0 Å². The Morgan fingerprint density at radius 1 is 1.20 bits per heavy atom. The number of morpholine rings is 1. The van der Waals surface area contributed by atoms with E-state index in [1.165, 1.54) is 12.1 Å². The molecule has 1 aromatic heterocycles. The quantitative estimate of drug-likeness (QED) is 0.906. The van der Waals surface area contributed by atoms with E-state index in [0.29, 0.717) is 31.9 Å². The van der Waals surface area contributed by atoms with Crippen LogP contribution in [0.25, 0.3) is 0 Å². The summed E-state index contributed by atoms with van der Waals surface area (Å²) in [4.78, 5) is 19.0. The lowest BCUT2D eigenvalue weighted by Crippen LogP contribution is -2.46. The zero-order valence-electron chi connectivity index (χ0n) is 14.2. The lowest BCUT2D eigenvalue weighted by atomic mass is 10.0. The number of amides is 1. The van der Waals surface area contributed by atoms with Crippen molar-refractivity contribution in [2.75, 3.05) is 26.3 Å². The second-order valence-electron chi connectivity index (χ2n) is 6.12. The number of carbonyl (C=O) groups is 1. The molecule has 5 nitrogen and oxygen atoms in total. The zero-order chi connectivity index (χ0) is 17.6. The molecule has 0 spiro atoms. The summed E-state index contributed by atoms with van der Waals surface area (Å²) in [5.74, 6) is -0.484. The molecule has 25 heavy (non-hydrogen) atoms. The van der Waals surface area contributed by atoms with Gasteiger partial charge in [-0.1, -0.05) is 12.1 Å². The summed E-state index contributed by atoms with van der Waals surface area (Å²) in [6.45, 7) is 4.34. The number of hydrogen-bond acceptors (Lipinski definition) is 4. The fraction of sp³-hybridized carbons (Fsp3) is 0.368. The van der Waals surface area contributed by atoms with Gasteiger partial charge in [-0.25, -0.2) is 4.39 Å². The third-order valence-electron chi connectivity index (χ3n) is 4.39. The molecule has 0 bridgehead atoms. The van der Waals surface area contributed by atoms with Gasteiger partial charge in [-0.2, -0.15) is 0 Å². The molecule has 2 aromatic rings. The lowest BCUT2D eigenvalue weighted by Gasteiger charge is -2.34. The average Bonchev–Trinajstić information content (AvgIpc) is 2.63. The van der Waals surface area contributed by atoms with E-state index in [4.69, 9.17) is 4.74 Å². The van der Waals surface area contributed by atoms with Crippen molar-refractivity contribution in [2.24, 2.45) is 0 Å². The maximum atomic E-state index is 13.7. The van der Waals surface area contributed by atoms with E-state index in [1.807, 2.05) is 24.0 Å². The number of rotatable bonds is 5. The molecule has 6 heteroatoms. The van der Waals surface area contributed by atoms with Crippen molar-refractivity contribution in [3.05, 3.63) is 65.7 Å². The summed E-state index contributed by atoms with van der Waals surface area (Å²) in [5.41, 5.74) is 1.63. The standard InChI is InChI=1S/C19H22FN3O2/c1-14(15-5-7-21-8-6-15)22-19(24)18(23-9-11-25-12-10-23)16-3-2-4-17(20)13-16/h2-8,13-14,18H,9-12H2,1H3,(H,22,24)/t14-,18-/m1/s1. The summed E-state index contributed by atoms with van der Waals surface area (Å²) in [7, 11) is 0. The minimum Gasteiger partial charge on any atom is -0.379 e. The van der Waals surface area contributed by atoms with Gasteiger partial charge in [0.05, 0.1) is 19.3 Å². The van der Waals surface area contributed by atoms with Crippen LogP contribution in [-0.4, -0.2) is 42.1 Å². The molecule has 1 aromatic carbocycles. The summed E-state index contributed by atoms with van der Waals surface area (Å²) in [6.07, 6.45) is 3.40. The van der Waals surface area contributed by atoms with Gasteiger partial charge in [-0.05, 0) is 42.3 Å². The van der Waals surface area contributed by atoms with Crippen molar-refractivity contribution in [1.29, 1.82) is 0 Å². The van der Waals surface area contributed by atoms with E-state index in [-0.39, 0.29) is 17.8 Å². The number of aromatic nitrogens is 1. The first kappa shape index (κ1) is 17.5. The monoisotopic (exact) mass is 343 g/mol. The Labute approximate surface area is 146 Å². The molecule has 1 aliphatic heterocycles. The molecular weight excluding hydrogens is 321 g/mol. The maximum Gasteiger partial charge on any atom is 0.242 e. The van der Waals surface area contributed by atoms with Crippen LogP contribution in [0.15, 0.2) is 48.8 Å². The molecule has 1 fully saturated rings. The number of halogens is 1. The van der Waals surface area contributed by atoms with E-state index < -0.39 is 6.04 Å². The Kier molecular flexibility index (Phi) is 5.73. The summed E-state index contributed by atoms with van der Waals surface area (Å²) < 4.78 is 19.1. The number of ether oxygens (including phenoxy) is 1. The molecule has 1 N–H and O–H groups in total. The number of nitrogens with one attached hydrogen (secondary N) is 1. The third-order valence-corrected chi connectivity index (χ3v) is 4.39. The third kappa shape index (κ3) is 4.41. The van der Waals surface area contributed by atoms with Crippen molar-refractivity contribution in [2.45, 2.75) is 19.0 Å². The number of hydrogen-bond donors (Lipinski definition) is 1. The molecule has 3 rings (SSSR count). The van der Waals surface area contributed by atoms with E-state index in [9.17, 15) is 9.18 Å². The Balaban J connectivity index is 1.81. The topological polar surface area (TPSA) is 54.5 Å². The van der Waals surface area contributed by atoms with Crippen LogP contribution >= 0.6 is 0 Å². The first-order chi connectivity index (χ1) is 12.1. The second-order valence-corrected chi connectivity index (χ2v) is 6.12. The van der Waals surface area contributed by atoms with Crippen LogP contribution in [0, 0.1) is 5.82 Å². The Hall–Kier alpha value is -2.31. The first-order valence-electron chi connectivity index (χ1n) is 8.42. The maximum absolute atomic E-state index is 13.7. The molecule has 1 amide bonds. The Bertz CT molecular complexity index is 705. The van der Waals surface area contributed by atoms with Crippen LogP contribution in [-0.2, 0) is 9.53 Å². The number of benzene rings is 1. The van der Waals surface area contributed by atoms with Gasteiger partial charge in [0, 0.05) is 25.5 Å². The normalized spacial score (nSPS) is 17.7. The molecule has 2 heterocycles. The highest BCUT2D eigenvalue weighted by molar-refractivity contribution is 5.83. The predicted octanol–water partition coefficient (Wildman–Crippen LogP) is 2.47. The minimum atomic E-state index is -0.538. The van der Waals surface area contributed by atoms with Gasteiger partial charge < -0.3 is 10.1 Å². The van der Waals surface area contributed by atoms with Gasteiger partial charge in [0.15, 0.2) is 0 Å². The smallest absolute Gasteiger partial charge is 0.242 e. The van der Waals surface area contributed by atoms with E-state index in [0.717, 1.165) is 5.56 Å². The van der Waals surface area contributed by atoms with E-state index >= 15 is 0 Å². The molecule has 0 aliphatic carbocycles. The Morgan fingerprint density at radius 2 is 1.92 bits per heavy atom. The van der Waals surface area contributed by atoms with Crippen LogP contribution < -0.4 is 5.32 Å². The van der Waals surface area contributed by atoms with Gasteiger partial charge in [-0.3, -0.25) is 14.7 Å². The fourth-order valence-corrected chi connectivity index (χ4v) is 3.07. The van der Waals surface area contributed by atoms with Gasteiger partial charge in [0.1, 0.15) is 11.9 Å².